The van der Waals surface area contributed by atoms with Crippen LogP contribution in [0.15, 0.2) is 10.6 Å². The number of carbonyl (C=O) groups excluding carboxylic acids is 4. The SMILES string of the molecule is COC[C@H](NC(=O)c1cc(C)on1)C(=O)N[C@@H](CC#N)C(=O)N[C@@H](CC(C)C)C(=O)[C@@]1(C)CO1. The number of ketones is 1. The summed E-state index contributed by atoms with van der Waals surface area (Å²) in [5, 5.41) is 20.4. The molecule has 0 radical (unpaired) electrons. The van der Waals surface area contributed by atoms with Crippen LogP contribution in [0.25, 0.3) is 0 Å². The minimum Gasteiger partial charge on any atom is -0.382 e. The van der Waals surface area contributed by atoms with Crippen molar-refractivity contribution in [1.82, 2.24) is 21.1 Å². The predicted octanol–water partition coefficient (Wildman–Crippen LogP) is 0.0152. The van der Waals surface area contributed by atoms with E-state index in [9.17, 15) is 24.4 Å². The van der Waals surface area contributed by atoms with Gasteiger partial charge in [-0.1, -0.05) is 19.0 Å². The van der Waals surface area contributed by atoms with E-state index in [1.807, 2.05) is 19.9 Å². The van der Waals surface area contributed by atoms with Gasteiger partial charge >= 0.3 is 0 Å². The third kappa shape index (κ3) is 7.36. The van der Waals surface area contributed by atoms with E-state index in [-0.39, 0.29) is 37.0 Å². The average molecular weight is 478 g/mol. The van der Waals surface area contributed by atoms with Crippen LogP contribution in [-0.2, 0) is 23.9 Å². The molecular formula is C22H31N5O7. The summed E-state index contributed by atoms with van der Waals surface area (Å²) in [4.78, 5) is 50.9. The summed E-state index contributed by atoms with van der Waals surface area (Å²) in [6.07, 6.45) is 0.0281. The molecule has 1 aliphatic rings. The normalized spacial score (nSPS) is 19.4. The molecule has 0 spiro atoms. The smallest absolute Gasteiger partial charge is 0.274 e. The molecule has 2 rings (SSSR count). The summed E-state index contributed by atoms with van der Waals surface area (Å²) < 4.78 is 15.1. The van der Waals surface area contributed by atoms with Crippen molar-refractivity contribution >= 4 is 23.5 Å². The average Bonchev–Trinajstić information content (AvgIpc) is 3.37. The first-order valence-electron chi connectivity index (χ1n) is 10.9. The molecule has 186 valence electrons. The molecule has 4 atom stereocenters. The van der Waals surface area contributed by atoms with Gasteiger partial charge in [-0.2, -0.15) is 5.26 Å². The maximum Gasteiger partial charge on any atom is 0.274 e. The second-order valence-electron chi connectivity index (χ2n) is 8.80. The van der Waals surface area contributed by atoms with Gasteiger partial charge in [0.25, 0.3) is 5.91 Å². The van der Waals surface area contributed by atoms with Crippen molar-refractivity contribution in [2.24, 2.45) is 5.92 Å². The molecule has 0 aromatic carbocycles. The molecule has 1 aromatic heterocycles. The molecule has 12 heteroatoms. The molecule has 2 heterocycles. The molecule has 0 saturated carbocycles. The topological polar surface area (TPSA) is 176 Å². The molecule has 12 nitrogen and oxygen atoms in total. The van der Waals surface area contributed by atoms with E-state index < -0.39 is 41.4 Å². The van der Waals surface area contributed by atoms with Gasteiger partial charge in [0.2, 0.25) is 11.8 Å². The number of Topliss-reactive ketones (excluding diaryl/α,β-unsaturated/α-hetero) is 1. The number of ether oxygens (including phenoxy) is 2. The van der Waals surface area contributed by atoms with E-state index in [1.165, 1.54) is 13.2 Å². The van der Waals surface area contributed by atoms with Gasteiger partial charge in [-0.3, -0.25) is 19.2 Å². The van der Waals surface area contributed by atoms with Crippen molar-refractivity contribution < 1.29 is 33.2 Å². The van der Waals surface area contributed by atoms with Gasteiger partial charge in [-0.25, -0.2) is 0 Å². The van der Waals surface area contributed by atoms with Gasteiger partial charge in [0.05, 0.1) is 31.7 Å². The number of epoxide rings is 1. The number of nitrogens with zero attached hydrogens (tertiary/aromatic N) is 2. The summed E-state index contributed by atoms with van der Waals surface area (Å²) in [7, 11) is 1.34. The molecular weight excluding hydrogens is 446 g/mol. The van der Waals surface area contributed by atoms with Crippen molar-refractivity contribution in [2.45, 2.75) is 64.3 Å². The van der Waals surface area contributed by atoms with Gasteiger partial charge < -0.3 is 29.9 Å². The molecule has 0 bridgehead atoms. The molecule has 1 aliphatic heterocycles. The molecule has 3 amide bonds. The lowest BCUT2D eigenvalue weighted by atomic mass is 9.93. The maximum atomic E-state index is 12.9. The van der Waals surface area contributed by atoms with Crippen LogP contribution in [0, 0.1) is 24.2 Å². The Bertz CT molecular complexity index is 948. The van der Waals surface area contributed by atoms with E-state index in [0.29, 0.717) is 12.2 Å². The molecule has 1 fully saturated rings. The molecule has 0 unspecified atom stereocenters. The Kier molecular flexibility index (Phi) is 9.28. The fraction of sp³-hybridized carbons (Fsp3) is 0.636. The third-order valence-electron chi connectivity index (χ3n) is 5.18. The number of amides is 3. The zero-order valence-corrected chi connectivity index (χ0v) is 20.0. The zero-order valence-electron chi connectivity index (χ0n) is 20.0. The first-order chi connectivity index (χ1) is 16.0. The van der Waals surface area contributed by atoms with Crippen LogP contribution >= 0.6 is 0 Å². The fourth-order valence-corrected chi connectivity index (χ4v) is 3.22. The Balaban J connectivity index is 2.09. The van der Waals surface area contributed by atoms with E-state index in [4.69, 9.17) is 14.0 Å². The van der Waals surface area contributed by atoms with Crippen LogP contribution in [0.3, 0.4) is 0 Å². The fourth-order valence-electron chi connectivity index (χ4n) is 3.22. The van der Waals surface area contributed by atoms with Crippen molar-refractivity contribution in [3.63, 3.8) is 0 Å². The van der Waals surface area contributed by atoms with Gasteiger partial charge in [0.1, 0.15) is 23.4 Å². The number of aromatic nitrogens is 1. The summed E-state index contributed by atoms with van der Waals surface area (Å²) in [5.74, 6) is -1.84. The minimum atomic E-state index is -1.25. The standard InChI is InChI=1S/C22H31N5O7/c1-12(2)8-15(18(28)22(4)11-33-22)25-19(29)14(6-7-23)24-21(31)17(10-32-5)26-20(30)16-9-13(3)34-27-16/h9,12,14-15,17H,6,8,10-11H2,1-5H3,(H,24,31)(H,25,29)(H,26,30)/t14-,15-,17-,22+/m0/s1. The molecule has 34 heavy (non-hydrogen) atoms. The number of methoxy groups -OCH3 is 1. The van der Waals surface area contributed by atoms with Crippen LogP contribution in [0.4, 0.5) is 0 Å². The molecule has 1 saturated heterocycles. The highest BCUT2D eigenvalue weighted by molar-refractivity contribution is 5.99. The van der Waals surface area contributed by atoms with Crippen molar-refractivity contribution in [3.05, 3.63) is 17.5 Å². The Morgan fingerprint density at radius 2 is 1.79 bits per heavy atom. The molecule has 0 aliphatic carbocycles. The first kappa shape index (κ1) is 26.9. The predicted molar refractivity (Wildman–Crippen MR) is 117 cm³/mol. The largest absolute Gasteiger partial charge is 0.382 e. The number of hydrogen-bond donors (Lipinski definition) is 3. The van der Waals surface area contributed by atoms with Crippen LogP contribution in [-0.4, -0.2) is 72.7 Å². The lowest BCUT2D eigenvalue weighted by molar-refractivity contribution is -0.133. The van der Waals surface area contributed by atoms with Gasteiger partial charge in [0.15, 0.2) is 11.5 Å². The van der Waals surface area contributed by atoms with Crippen LogP contribution in [0.2, 0.25) is 0 Å². The van der Waals surface area contributed by atoms with Crippen molar-refractivity contribution in [3.8, 4) is 6.07 Å². The monoisotopic (exact) mass is 477 g/mol. The summed E-state index contributed by atoms with van der Waals surface area (Å²) in [6.45, 7) is 7.16. The third-order valence-corrected chi connectivity index (χ3v) is 5.18. The maximum absolute atomic E-state index is 12.9. The quantitative estimate of drug-likeness (QED) is 0.330. The van der Waals surface area contributed by atoms with E-state index in [2.05, 4.69) is 21.1 Å². The lowest BCUT2D eigenvalue weighted by Crippen LogP contribution is -2.57. The molecule has 1 aromatic rings. The summed E-state index contributed by atoms with van der Waals surface area (Å²) in [6, 6.07) is 0.00284. The minimum absolute atomic E-state index is 0.0245. The number of rotatable bonds is 13. The van der Waals surface area contributed by atoms with E-state index in [0.717, 1.165) is 0 Å². The van der Waals surface area contributed by atoms with Crippen LogP contribution in [0.1, 0.15) is 49.9 Å². The van der Waals surface area contributed by atoms with Crippen molar-refractivity contribution in [2.75, 3.05) is 20.3 Å². The molecule has 3 N–H and O–H groups in total. The highest BCUT2D eigenvalue weighted by atomic mass is 16.6. The number of aryl methyl sites for hydroxylation is 1. The van der Waals surface area contributed by atoms with E-state index >= 15 is 0 Å². The summed E-state index contributed by atoms with van der Waals surface area (Å²) >= 11 is 0. The van der Waals surface area contributed by atoms with Gasteiger partial charge in [-0.05, 0) is 26.2 Å². The van der Waals surface area contributed by atoms with Gasteiger partial charge in [0, 0.05) is 13.2 Å². The van der Waals surface area contributed by atoms with Gasteiger partial charge in [-0.15, -0.1) is 0 Å². The Hall–Kier alpha value is -3.30. The number of carbonyl (C=O) groups is 4. The van der Waals surface area contributed by atoms with E-state index in [1.54, 1.807) is 13.8 Å². The first-order valence-corrected chi connectivity index (χ1v) is 10.9. The highest BCUT2D eigenvalue weighted by Gasteiger charge is 2.50. The Labute approximate surface area is 197 Å². The van der Waals surface area contributed by atoms with Crippen molar-refractivity contribution in [1.29, 1.82) is 5.26 Å². The number of nitriles is 1. The lowest BCUT2D eigenvalue weighted by Gasteiger charge is -2.25. The zero-order chi connectivity index (χ0) is 25.5. The summed E-state index contributed by atoms with van der Waals surface area (Å²) in [5.41, 5.74) is -0.961. The highest BCUT2D eigenvalue weighted by Crippen LogP contribution is 2.29. The second-order valence-corrected chi connectivity index (χ2v) is 8.80. The van der Waals surface area contributed by atoms with Crippen LogP contribution < -0.4 is 16.0 Å². The number of nitrogens with one attached hydrogen (secondary N) is 3. The number of hydrogen-bond acceptors (Lipinski definition) is 9. The second kappa shape index (κ2) is 11.7. The van der Waals surface area contributed by atoms with Crippen LogP contribution in [0.5, 0.6) is 0 Å². The Morgan fingerprint density at radius 3 is 2.29 bits per heavy atom. The Morgan fingerprint density at radius 1 is 1.18 bits per heavy atom.